The van der Waals surface area contributed by atoms with Crippen LogP contribution in [0.1, 0.15) is 71.6 Å². The topological polar surface area (TPSA) is 40.5 Å². The molecule has 21 heavy (non-hydrogen) atoms. The third-order valence-electron chi connectivity index (χ3n) is 8.05. The summed E-state index contributed by atoms with van der Waals surface area (Å²) in [4.78, 5) is 0. The van der Waals surface area contributed by atoms with E-state index in [1.54, 1.807) is 0 Å². The number of hydrogen-bond donors (Lipinski definition) is 2. The zero-order valence-corrected chi connectivity index (χ0v) is 13.6. The molecule has 118 valence electrons. The Morgan fingerprint density at radius 1 is 1.00 bits per heavy atom. The van der Waals surface area contributed by atoms with Crippen LogP contribution in [0.25, 0.3) is 0 Å². The number of allylic oxidation sites excluding steroid dienone is 2. The molecule has 0 spiro atoms. The van der Waals surface area contributed by atoms with E-state index in [1.807, 2.05) is 0 Å². The van der Waals surface area contributed by atoms with Crippen molar-refractivity contribution in [2.45, 2.75) is 77.7 Å². The molecule has 0 aliphatic heterocycles. The molecule has 2 heteroatoms. The van der Waals surface area contributed by atoms with Crippen LogP contribution in [0.15, 0.2) is 11.3 Å². The summed E-state index contributed by atoms with van der Waals surface area (Å²) in [5.41, 5.74) is 1.77. The van der Waals surface area contributed by atoms with Crippen LogP contribution < -0.4 is 0 Å². The van der Waals surface area contributed by atoms with Crippen molar-refractivity contribution in [3.63, 3.8) is 0 Å². The predicted octanol–water partition coefficient (Wildman–Crippen LogP) is 4.59. The number of aliphatic hydroxyl groups is 2. The van der Waals surface area contributed by atoms with Crippen LogP contribution in [0.2, 0.25) is 0 Å². The second-order valence-corrected chi connectivity index (χ2v) is 8.77. The van der Waals surface area contributed by atoms with Gasteiger partial charge in [-0.15, -0.1) is 0 Å². The van der Waals surface area contributed by atoms with Gasteiger partial charge in [0, 0.05) is 6.42 Å². The van der Waals surface area contributed by atoms with Gasteiger partial charge in [-0.05, 0) is 79.1 Å². The largest absolute Gasteiger partial charge is 0.512 e. The van der Waals surface area contributed by atoms with Gasteiger partial charge >= 0.3 is 0 Å². The van der Waals surface area contributed by atoms with Crippen LogP contribution in [-0.4, -0.2) is 16.3 Å². The Labute approximate surface area is 128 Å². The SMILES string of the molecule is C[C@]12CCCCC1=C(O)C[C@@H]1[C@@H]2CC[C@]2(C)C(O)CC[C@@H]12. The molecule has 2 nitrogen and oxygen atoms in total. The summed E-state index contributed by atoms with van der Waals surface area (Å²) >= 11 is 0. The molecule has 4 aliphatic carbocycles. The van der Waals surface area contributed by atoms with Crippen molar-refractivity contribution in [2.75, 3.05) is 0 Å². The van der Waals surface area contributed by atoms with E-state index in [9.17, 15) is 10.2 Å². The van der Waals surface area contributed by atoms with E-state index in [-0.39, 0.29) is 16.9 Å². The highest BCUT2D eigenvalue weighted by Gasteiger charge is 2.59. The first-order valence-electron chi connectivity index (χ1n) is 9.06. The Balaban J connectivity index is 1.74. The van der Waals surface area contributed by atoms with Crippen LogP contribution >= 0.6 is 0 Å². The number of rotatable bonds is 0. The Bertz CT molecular complexity index is 482. The normalized spacial score (nSPS) is 53.1. The third kappa shape index (κ3) is 1.75. The van der Waals surface area contributed by atoms with Crippen molar-refractivity contribution in [3.8, 4) is 0 Å². The average molecular weight is 290 g/mol. The molecular weight excluding hydrogens is 260 g/mol. The smallest absolute Gasteiger partial charge is 0.0923 e. The summed E-state index contributed by atoms with van der Waals surface area (Å²) in [6, 6.07) is 0. The first-order chi connectivity index (χ1) is 9.97. The van der Waals surface area contributed by atoms with E-state index in [0.717, 1.165) is 37.4 Å². The molecule has 1 unspecified atom stereocenters. The average Bonchev–Trinajstić information content (AvgIpc) is 2.75. The van der Waals surface area contributed by atoms with Gasteiger partial charge in [0.1, 0.15) is 0 Å². The summed E-state index contributed by atoms with van der Waals surface area (Å²) in [6.45, 7) is 4.74. The molecule has 3 saturated carbocycles. The minimum absolute atomic E-state index is 0.115. The lowest BCUT2D eigenvalue weighted by Crippen LogP contribution is -2.51. The fourth-order valence-corrected chi connectivity index (χ4v) is 6.80. The van der Waals surface area contributed by atoms with Gasteiger partial charge < -0.3 is 10.2 Å². The van der Waals surface area contributed by atoms with Gasteiger partial charge in [0.25, 0.3) is 0 Å². The third-order valence-corrected chi connectivity index (χ3v) is 8.05. The highest BCUT2D eigenvalue weighted by molar-refractivity contribution is 5.27. The zero-order chi connectivity index (χ0) is 14.8. The van der Waals surface area contributed by atoms with Gasteiger partial charge in [-0.1, -0.05) is 20.3 Å². The monoisotopic (exact) mass is 290 g/mol. The van der Waals surface area contributed by atoms with Crippen molar-refractivity contribution in [3.05, 3.63) is 11.3 Å². The molecular formula is C19H30O2. The van der Waals surface area contributed by atoms with Crippen molar-refractivity contribution < 1.29 is 10.2 Å². The lowest BCUT2D eigenvalue weighted by atomic mass is 9.48. The van der Waals surface area contributed by atoms with E-state index < -0.39 is 0 Å². The highest BCUT2D eigenvalue weighted by atomic mass is 16.3. The molecule has 0 aromatic carbocycles. The van der Waals surface area contributed by atoms with Gasteiger partial charge in [-0.25, -0.2) is 0 Å². The molecule has 0 radical (unpaired) electrons. The minimum Gasteiger partial charge on any atom is -0.512 e. The van der Waals surface area contributed by atoms with Crippen molar-refractivity contribution >= 4 is 0 Å². The molecule has 0 heterocycles. The zero-order valence-electron chi connectivity index (χ0n) is 13.6. The van der Waals surface area contributed by atoms with E-state index >= 15 is 0 Å². The van der Waals surface area contributed by atoms with E-state index in [4.69, 9.17) is 0 Å². The summed E-state index contributed by atoms with van der Waals surface area (Å²) in [5.74, 6) is 2.69. The highest BCUT2D eigenvalue weighted by Crippen LogP contribution is 2.65. The van der Waals surface area contributed by atoms with Crippen molar-refractivity contribution in [1.82, 2.24) is 0 Å². The Morgan fingerprint density at radius 3 is 2.62 bits per heavy atom. The Kier molecular flexibility index (Phi) is 3.03. The lowest BCUT2D eigenvalue weighted by molar-refractivity contribution is -0.0731. The number of fused-ring (bicyclic) bond motifs is 5. The maximum absolute atomic E-state index is 10.7. The van der Waals surface area contributed by atoms with E-state index in [0.29, 0.717) is 11.8 Å². The van der Waals surface area contributed by atoms with E-state index in [1.165, 1.54) is 37.7 Å². The fraction of sp³-hybridized carbons (Fsp3) is 0.895. The van der Waals surface area contributed by atoms with Crippen molar-refractivity contribution in [1.29, 1.82) is 0 Å². The van der Waals surface area contributed by atoms with Crippen molar-refractivity contribution in [2.24, 2.45) is 28.6 Å². The number of aliphatic hydroxyl groups excluding tert-OH is 2. The van der Waals surface area contributed by atoms with Crippen LogP contribution in [0.3, 0.4) is 0 Å². The van der Waals surface area contributed by atoms with Crippen LogP contribution in [0, 0.1) is 28.6 Å². The fourth-order valence-electron chi connectivity index (χ4n) is 6.80. The molecule has 0 saturated heterocycles. The standard InChI is InChI=1S/C19H30O2/c1-18-9-4-3-5-15(18)16(20)11-12-13-6-7-17(21)19(13,2)10-8-14(12)18/h12-14,17,20-21H,3-11H2,1-2H3/t12-,13-,14-,17?,18+,19-/m0/s1. The molecule has 3 fully saturated rings. The maximum atomic E-state index is 10.7. The molecule has 0 bridgehead atoms. The molecule has 0 amide bonds. The maximum Gasteiger partial charge on any atom is 0.0923 e. The van der Waals surface area contributed by atoms with Crippen LogP contribution in [-0.2, 0) is 0 Å². The molecule has 4 aliphatic rings. The summed E-state index contributed by atoms with van der Waals surface area (Å²) in [6.07, 6.45) is 10.3. The number of hydrogen-bond acceptors (Lipinski definition) is 2. The Morgan fingerprint density at radius 2 is 1.81 bits per heavy atom. The predicted molar refractivity (Wildman–Crippen MR) is 83.9 cm³/mol. The van der Waals surface area contributed by atoms with Gasteiger partial charge in [-0.3, -0.25) is 0 Å². The van der Waals surface area contributed by atoms with E-state index in [2.05, 4.69) is 13.8 Å². The molecule has 4 rings (SSSR count). The Hall–Kier alpha value is -0.500. The molecule has 2 N–H and O–H groups in total. The van der Waals surface area contributed by atoms with Gasteiger partial charge in [0.2, 0.25) is 0 Å². The lowest BCUT2D eigenvalue weighted by Gasteiger charge is -2.57. The van der Waals surface area contributed by atoms with Gasteiger partial charge in [-0.2, -0.15) is 0 Å². The van der Waals surface area contributed by atoms with Crippen LogP contribution in [0.4, 0.5) is 0 Å². The summed E-state index contributed by atoms with van der Waals surface area (Å²) in [5, 5.41) is 21.2. The van der Waals surface area contributed by atoms with Gasteiger partial charge in [0.05, 0.1) is 11.9 Å². The first kappa shape index (κ1) is 14.1. The molecule has 0 aromatic heterocycles. The summed E-state index contributed by atoms with van der Waals surface area (Å²) in [7, 11) is 0. The minimum atomic E-state index is -0.116. The quantitative estimate of drug-likeness (QED) is 0.685. The molecule has 0 aromatic rings. The van der Waals surface area contributed by atoms with Crippen LogP contribution in [0.5, 0.6) is 0 Å². The summed E-state index contributed by atoms with van der Waals surface area (Å²) < 4.78 is 0. The first-order valence-corrected chi connectivity index (χ1v) is 9.06. The second-order valence-electron chi connectivity index (χ2n) is 8.77. The van der Waals surface area contributed by atoms with Gasteiger partial charge in [0.15, 0.2) is 0 Å². The second kappa shape index (κ2) is 4.50. The molecule has 6 atom stereocenters.